The summed E-state index contributed by atoms with van der Waals surface area (Å²) in [7, 11) is 1.82. The maximum atomic E-state index is 12.7. The molecule has 3 rings (SSSR count). The minimum Gasteiger partial charge on any atom is -0.376 e. The largest absolute Gasteiger partial charge is 0.376 e. The van der Waals surface area contributed by atoms with Crippen molar-refractivity contribution in [2.75, 3.05) is 44.8 Å². The van der Waals surface area contributed by atoms with Crippen LogP contribution in [-0.2, 0) is 9.53 Å². The lowest BCUT2D eigenvalue weighted by Crippen LogP contribution is -2.47. The minimum atomic E-state index is 0.221. The second-order valence-corrected chi connectivity index (χ2v) is 9.84. The molecule has 0 spiro atoms. The van der Waals surface area contributed by atoms with Gasteiger partial charge in [-0.25, -0.2) is 0 Å². The Morgan fingerprint density at radius 3 is 2.38 bits per heavy atom. The number of nitrogens with zero attached hydrogens (tertiary/aromatic N) is 2. The molecule has 3 fully saturated rings. The van der Waals surface area contributed by atoms with Gasteiger partial charge in [-0.15, -0.1) is 0 Å². The van der Waals surface area contributed by atoms with Gasteiger partial charge in [0.2, 0.25) is 5.91 Å². The van der Waals surface area contributed by atoms with E-state index in [1.807, 2.05) is 18.8 Å². The number of nitrogens with one attached hydrogen (secondary N) is 2. The molecule has 0 aromatic heterocycles. The molecule has 2 N–H and O–H groups in total. The quantitative estimate of drug-likeness (QED) is 0.297. The molecule has 3 aliphatic rings. The average Bonchev–Trinajstić information content (AvgIpc) is 3.05. The first kappa shape index (κ1) is 22.7. The molecule has 0 radical (unpaired) electrons. The highest BCUT2D eigenvalue weighted by molar-refractivity contribution is 7.99. The van der Waals surface area contributed by atoms with E-state index in [0.29, 0.717) is 18.1 Å². The van der Waals surface area contributed by atoms with Crippen LogP contribution >= 0.6 is 11.8 Å². The molecule has 1 heterocycles. The summed E-state index contributed by atoms with van der Waals surface area (Å²) in [6, 6.07) is 0.407. The van der Waals surface area contributed by atoms with Crippen LogP contribution in [0.15, 0.2) is 4.99 Å². The first-order valence-corrected chi connectivity index (χ1v) is 12.9. The van der Waals surface area contributed by atoms with E-state index in [0.717, 1.165) is 69.4 Å². The minimum absolute atomic E-state index is 0.221. The van der Waals surface area contributed by atoms with Gasteiger partial charge in [-0.05, 0) is 38.5 Å². The number of ether oxygens (including phenoxy) is 1. The predicted molar refractivity (Wildman–Crippen MR) is 122 cm³/mol. The van der Waals surface area contributed by atoms with Crippen LogP contribution in [0, 0.1) is 5.92 Å². The van der Waals surface area contributed by atoms with E-state index in [1.54, 1.807) is 0 Å². The molecule has 1 aliphatic heterocycles. The summed E-state index contributed by atoms with van der Waals surface area (Å²) in [4.78, 5) is 19.2. The van der Waals surface area contributed by atoms with Crippen molar-refractivity contribution in [3.63, 3.8) is 0 Å². The Hall–Kier alpha value is -0.950. The average molecular weight is 425 g/mol. The van der Waals surface area contributed by atoms with Gasteiger partial charge in [0.1, 0.15) is 0 Å². The second kappa shape index (κ2) is 12.7. The molecule has 166 valence electrons. The Kier molecular flexibility index (Phi) is 9.94. The molecule has 7 heteroatoms. The first-order chi connectivity index (χ1) is 14.3. The summed E-state index contributed by atoms with van der Waals surface area (Å²) < 4.78 is 6.06. The van der Waals surface area contributed by atoms with Gasteiger partial charge in [0.25, 0.3) is 0 Å². The van der Waals surface area contributed by atoms with Crippen LogP contribution in [0.5, 0.6) is 0 Å². The maximum absolute atomic E-state index is 12.7. The fraction of sp³-hybridized carbons (Fsp3) is 0.909. The van der Waals surface area contributed by atoms with Gasteiger partial charge in [0.15, 0.2) is 5.96 Å². The molecule has 29 heavy (non-hydrogen) atoms. The van der Waals surface area contributed by atoms with Gasteiger partial charge < -0.3 is 20.3 Å². The number of carbonyl (C=O) groups is 1. The number of rotatable bonds is 6. The number of guanidine groups is 1. The van der Waals surface area contributed by atoms with E-state index in [-0.39, 0.29) is 5.92 Å². The fourth-order valence-electron chi connectivity index (χ4n) is 4.72. The van der Waals surface area contributed by atoms with Crippen LogP contribution in [0.1, 0.15) is 64.2 Å². The molecule has 0 aromatic rings. The summed E-state index contributed by atoms with van der Waals surface area (Å²) in [5.41, 5.74) is 0. The molecule has 0 aromatic carbocycles. The zero-order valence-electron chi connectivity index (χ0n) is 18.2. The van der Waals surface area contributed by atoms with Gasteiger partial charge in [0, 0.05) is 50.1 Å². The summed E-state index contributed by atoms with van der Waals surface area (Å²) in [6.07, 6.45) is 12.3. The number of amides is 1. The summed E-state index contributed by atoms with van der Waals surface area (Å²) in [5.74, 6) is 3.66. The topological polar surface area (TPSA) is 66.0 Å². The lowest BCUT2D eigenvalue weighted by molar-refractivity contribution is -0.136. The Morgan fingerprint density at radius 1 is 1.03 bits per heavy atom. The lowest BCUT2D eigenvalue weighted by atomic mass is 9.85. The highest BCUT2D eigenvalue weighted by Gasteiger charge is 2.30. The third-order valence-corrected chi connectivity index (χ3v) is 7.46. The highest BCUT2D eigenvalue weighted by Crippen LogP contribution is 2.27. The number of thioether (sulfide) groups is 1. The standard InChI is InChI=1S/C22H40N4O2S/c1-23-22(24-12-15-28-20-6-4-2-3-5-7-20)25-19-10-8-18(9-11-19)21(27)26-13-16-29-17-14-26/h18-20H,2-17H2,1H3,(H2,23,24,25). The molecule has 0 atom stereocenters. The summed E-state index contributed by atoms with van der Waals surface area (Å²) in [5, 5.41) is 6.94. The van der Waals surface area contributed by atoms with Gasteiger partial charge in [-0.1, -0.05) is 25.7 Å². The summed E-state index contributed by atoms with van der Waals surface area (Å²) >= 11 is 1.96. The molecule has 2 aliphatic carbocycles. The van der Waals surface area contributed by atoms with E-state index in [9.17, 15) is 4.79 Å². The van der Waals surface area contributed by atoms with Crippen LogP contribution < -0.4 is 10.6 Å². The van der Waals surface area contributed by atoms with E-state index < -0.39 is 0 Å². The summed E-state index contributed by atoms with van der Waals surface area (Å²) in [6.45, 7) is 3.39. The SMILES string of the molecule is CN=C(NCCOC1CCCCCC1)NC1CCC(C(=O)N2CCSCC2)CC1. The third-order valence-electron chi connectivity index (χ3n) is 6.51. The van der Waals surface area contributed by atoms with Gasteiger partial charge in [0.05, 0.1) is 12.7 Å². The number of hydrogen-bond acceptors (Lipinski definition) is 4. The van der Waals surface area contributed by atoms with Crippen molar-refractivity contribution in [3.8, 4) is 0 Å². The number of aliphatic imine (C=N–C) groups is 1. The van der Waals surface area contributed by atoms with Crippen molar-refractivity contribution >= 4 is 23.6 Å². The van der Waals surface area contributed by atoms with Crippen LogP contribution in [0.3, 0.4) is 0 Å². The van der Waals surface area contributed by atoms with E-state index >= 15 is 0 Å². The van der Waals surface area contributed by atoms with Crippen molar-refractivity contribution < 1.29 is 9.53 Å². The van der Waals surface area contributed by atoms with Gasteiger partial charge >= 0.3 is 0 Å². The lowest BCUT2D eigenvalue weighted by Gasteiger charge is -2.34. The molecule has 0 unspecified atom stereocenters. The molecule has 2 saturated carbocycles. The van der Waals surface area contributed by atoms with E-state index in [1.165, 1.54) is 38.5 Å². The zero-order valence-corrected chi connectivity index (χ0v) is 19.0. The predicted octanol–water partition coefficient (Wildman–Crippen LogP) is 3.03. The van der Waals surface area contributed by atoms with Gasteiger partial charge in [-0.3, -0.25) is 9.79 Å². The Morgan fingerprint density at radius 2 is 1.72 bits per heavy atom. The van der Waals surface area contributed by atoms with Crippen LogP contribution in [0.25, 0.3) is 0 Å². The number of hydrogen-bond donors (Lipinski definition) is 2. The van der Waals surface area contributed by atoms with Crippen molar-refractivity contribution in [2.24, 2.45) is 10.9 Å². The molecular formula is C22H40N4O2S. The first-order valence-electron chi connectivity index (χ1n) is 11.7. The maximum Gasteiger partial charge on any atom is 0.225 e. The molecule has 1 amide bonds. The molecule has 0 bridgehead atoms. The van der Waals surface area contributed by atoms with Crippen LogP contribution in [0.4, 0.5) is 0 Å². The Bertz CT molecular complexity index is 509. The Labute approximate surface area is 181 Å². The van der Waals surface area contributed by atoms with Crippen molar-refractivity contribution in [2.45, 2.75) is 76.4 Å². The molecular weight excluding hydrogens is 384 g/mol. The van der Waals surface area contributed by atoms with Crippen molar-refractivity contribution in [1.29, 1.82) is 0 Å². The van der Waals surface area contributed by atoms with Crippen molar-refractivity contribution in [1.82, 2.24) is 15.5 Å². The smallest absolute Gasteiger partial charge is 0.225 e. The highest BCUT2D eigenvalue weighted by atomic mass is 32.2. The third kappa shape index (κ3) is 7.67. The van der Waals surface area contributed by atoms with Crippen molar-refractivity contribution in [3.05, 3.63) is 0 Å². The Balaban J connectivity index is 1.30. The monoisotopic (exact) mass is 424 g/mol. The van der Waals surface area contributed by atoms with Crippen LogP contribution in [0.2, 0.25) is 0 Å². The number of carbonyl (C=O) groups excluding carboxylic acids is 1. The fourth-order valence-corrected chi connectivity index (χ4v) is 5.62. The molecule has 1 saturated heterocycles. The van der Waals surface area contributed by atoms with Crippen LogP contribution in [-0.4, -0.2) is 73.7 Å². The van der Waals surface area contributed by atoms with Gasteiger partial charge in [-0.2, -0.15) is 11.8 Å². The molecule has 6 nitrogen and oxygen atoms in total. The zero-order chi connectivity index (χ0) is 20.3. The van der Waals surface area contributed by atoms with E-state index in [2.05, 4.69) is 20.5 Å². The van der Waals surface area contributed by atoms with E-state index in [4.69, 9.17) is 4.74 Å². The second-order valence-electron chi connectivity index (χ2n) is 8.61. The normalized spacial score (nSPS) is 27.3.